The highest BCUT2D eigenvalue weighted by atomic mass is 16.5. The van der Waals surface area contributed by atoms with E-state index < -0.39 is 0 Å². The van der Waals surface area contributed by atoms with Crippen LogP contribution in [-0.2, 0) is 0 Å². The number of benzene rings is 2. The van der Waals surface area contributed by atoms with Gasteiger partial charge in [0.15, 0.2) is 0 Å². The minimum atomic E-state index is 0.777. The molecule has 3 rings (SSSR count). The molecule has 1 heteroatoms. The molecular weight excluding hydrogens is 196 g/mol. The van der Waals surface area contributed by atoms with Gasteiger partial charge in [-0.1, -0.05) is 30.3 Å². The first-order valence-electron chi connectivity index (χ1n) is 5.75. The third-order valence-corrected chi connectivity index (χ3v) is 2.89. The highest BCUT2D eigenvalue weighted by Crippen LogP contribution is 2.41. The van der Waals surface area contributed by atoms with Gasteiger partial charge in [0.05, 0.1) is 0 Å². The zero-order valence-corrected chi connectivity index (χ0v) is 9.10. The lowest BCUT2D eigenvalue weighted by Crippen LogP contribution is -1.85. The monoisotopic (exact) mass is 210 g/mol. The summed E-state index contributed by atoms with van der Waals surface area (Å²) in [6, 6.07) is 18.4. The number of para-hydroxylation sites is 1. The Bertz CT molecular complexity index is 472. The first-order chi connectivity index (χ1) is 7.92. The van der Waals surface area contributed by atoms with Gasteiger partial charge in [-0.05, 0) is 48.6 Å². The van der Waals surface area contributed by atoms with E-state index in [1.54, 1.807) is 0 Å². The lowest BCUT2D eigenvalue weighted by atomic mass is 10.1. The van der Waals surface area contributed by atoms with Crippen LogP contribution in [0.2, 0.25) is 0 Å². The molecule has 0 heterocycles. The number of hydrogen-bond donors (Lipinski definition) is 0. The zero-order chi connectivity index (χ0) is 10.8. The second kappa shape index (κ2) is 4.01. The van der Waals surface area contributed by atoms with E-state index in [0.29, 0.717) is 0 Å². The summed E-state index contributed by atoms with van der Waals surface area (Å²) in [6.45, 7) is 0. The van der Waals surface area contributed by atoms with Gasteiger partial charge in [-0.3, -0.25) is 0 Å². The van der Waals surface area contributed by atoms with Gasteiger partial charge in [-0.25, -0.2) is 0 Å². The second-order valence-corrected chi connectivity index (χ2v) is 4.26. The molecule has 0 unspecified atom stereocenters. The Morgan fingerprint density at radius 3 is 2.31 bits per heavy atom. The molecule has 16 heavy (non-hydrogen) atoms. The molecule has 1 aliphatic rings. The Morgan fingerprint density at radius 1 is 0.812 bits per heavy atom. The maximum Gasteiger partial charge on any atom is 0.127 e. The lowest BCUT2D eigenvalue weighted by Gasteiger charge is -2.06. The largest absolute Gasteiger partial charge is 0.457 e. The van der Waals surface area contributed by atoms with Gasteiger partial charge in [0.25, 0.3) is 0 Å². The van der Waals surface area contributed by atoms with E-state index in [1.807, 2.05) is 36.4 Å². The number of ether oxygens (including phenoxy) is 1. The normalized spacial score (nSPS) is 14.8. The Morgan fingerprint density at radius 2 is 1.56 bits per heavy atom. The molecular formula is C15H14O. The third kappa shape index (κ3) is 2.08. The van der Waals surface area contributed by atoms with E-state index in [4.69, 9.17) is 4.74 Å². The van der Waals surface area contributed by atoms with Crippen molar-refractivity contribution in [3.05, 3.63) is 60.2 Å². The van der Waals surface area contributed by atoms with Crippen molar-refractivity contribution in [1.29, 1.82) is 0 Å². The zero-order valence-electron chi connectivity index (χ0n) is 9.10. The van der Waals surface area contributed by atoms with Crippen molar-refractivity contribution in [3.8, 4) is 11.5 Å². The van der Waals surface area contributed by atoms with Crippen molar-refractivity contribution in [2.45, 2.75) is 18.8 Å². The summed E-state index contributed by atoms with van der Waals surface area (Å²) in [7, 11) is 0. The maximum absolute atomic E-state index is 5.80. The molecule has 0 amide bonds. The molecule has 2 aromatic rings. The van der Waals surface area contributed by atoms with Crippen LogP contribution in [0.5, 0.6) is 11.5 Å². The standard InChI is InChI=1S/C15H14O/c1-2-6-14(7-3-1)16-15-8-4-5-13(11-15)12-9-10-12/h1-8,11-12H,9-10H2. The van der Waals surface area contributed by atoms with Crippen LogP contribution < -0.4 is 4.74 Å². The summed E-state index contributed by atoms with van der Waals surface area (Å²) >= 11 is 0. The SMILES string of the molecule is c1ccc(Oc2cccc(C3CC3)c2)cc1. The van der Waals surface area contributed by atoms with Gasteiger partial charge >= 0.3 is 0 Å². The van der Waals surface area contributed by atoms with E-state index in [-0.39, 0.29) is 0 Å². The molecule has 2 aromatic carbocycles. The van der Waals surface area contributed by atoms with Crippen LogP contribution in [0.4, 0.5) is 0 Å². The van der Waals surface area contributed by atoms with Crippen molar-refractivity contribution in [1.82, 2.24) is 0 Å². The Labute approximate surface area is 95.7 Å². The van der Waals surface area contributed by atoms with Crippen molar-refractivity contribution in [2.24, 2.45) is 0 Å². The lowest BCUT2D eigenvalue weighted by molar-refractivity contribution is 0.482. The Kier molecular flexibility index (Phi) is 2.37. The van der Waals surface area contributed by atoms with Gasteiger partial charge in [-0.2, -0.15) is 0 Å². The van der Waals surface area contributed by atoms with Gasteiger partial charge in [0.1, 0.15) is 11.5 Å². The molecule has 0 spiro atoms. The van der Waals surface area contributed by atoms with E-state index in [0.717, 1.165) is 17.4 Å². The highest BCUT2D eigenvalue weighted by molar-refractivity contribution is 5.36. The van der Waals surface area contributed by atoms with Crippen molar-refractivity contribution in [2.75, 3.05) is 0 Å². The first kappa shape index (κ1) is 9.46. The molecule has 0 atom stereocenters. The van der Waals surface area contributed by atoms with E-state index in [9.17, 15) is 0 Å². The summed E-state index contributed by atoms with van der Waals surface area (Å²) in [5.41, 5.74) is 1.41. The molecule has 1 fully saturated rings. The van der Waals surface area contributed by atoms with E-state index in [2.05, 4.69) is 18.2 Å². The van der Waals surface area contributed by atoms with Crippen molar-refractivity contribution in [3.63, 3.8) is 0 Å². The molecule has 0 radical (unpaired) electrons. The quantitative estimate of drug-likeness (QED) is 0.731. The van der Waals surface area contributed by atoms with E-state index >= 15 is 0 Å². The van der Waals surface area contributed by atoms with Crippen LogP contribution in [0.1, 0.15) is 24.3 Å². The molecule has 0 bridgehead atoms. The minimum absolute atomic E-state index is 0.777. The summed E-state index contributed by atoms with van der Waals surface area (Å²) in [4.78, 5) is 0. The topological polar surface area (TPSA) is 9.23 Å². The predicted molar refractivity (Wildman–Crippen MR) is 64.9 cm³/mol. The Balaban J connectivity index is 1.81. The number of rotatable bonds is 3. The van der Waals surface area contributed by atoms with Crippen molar-refractivity contribution < 1.29 is 4.74 Å². The van der Waals surface area contributed by atoms with Gasteiger partial charge < -0.3 is 4.74 Å². The second-order valence-electron chi connectivity index (χ2n) is 4.26. The molecule has 0 N–H and O–H groups in total. The van der Waals surface area contributed by atoms with Crippen LogP contribution in [0.15, 0.2) is 54.6 Å². The average molecular weight is 210 g/mol. The highest BCUT2D eigenvalue weighted by Gasteiger charge is 2.23. The van der Waals surface area contributed by atoms with E-state index in [1.165, 1.54) is 18.4 Å². The summed E-state index contributed by atoms with van der Waals surface area (Å²) < 4.78 is 5.80. The summed E-state index contributed by atoms with van der Waals surface area (Å²) in [5, 5.41) is 0. The molecule has 0 aliphatic heterocycles. The van der Waals surface area contributed by atoms with Crippen LogP contribution in [0.3, 0.4) is 0 Å². The smallest absolute Gasteiger partial charge is 0.127 e. The third-order valence-electron chi connectivity index (χ3n) is 2.89. The molecule has 1 aliphatic carbocycles. The summed E-state index contributed by atoms with van der Waals surface area (Å²) in [6.07, 6.45) is 2.66. The molecule has 0 aromatic heterocycles. The average Bonchev–Trinajstić information content (AvgIpc) is 3.15. The van der Waals surface area contributed by atoms with Crippen LogP contribution in [0, 0.1) is 0 Å². The van der Waals surface area contributed by atoms with Crippen LogP contribution in [0.25, 0.3) is 0 Å². The molecule has 0 saturated heterocycles. The van der Waals surface area contributed by atoms with Gasteiger partial charge in [0, 0.05) is 0 Å². The Hall–Kier alpha value is -1.76. The van der Waals surface area contributed by atoms with Crippen molar-refractivity contribution >= 4 is 0 Å². The summed E-state index contributed by atoms with van der Waals surface area (Å²) in [5.74, 6) is 2.62. The van der Waals surface area contributed by atoms with Crippen LogP contribution in [-0.4, -0.2) is 0 Å². The molecule has 1 saturated carbocycles. The minimum Gasteiger partial charge on any atom is -0.457 e. The maximum atomic E-state index is 5.80. The first-order valence-corrected chi connectivity index (χ1v) is 5.75. The number of hydrogen-bond acceptors (Lipinski definition) is 1. The van der Waals surface area contributed by atoms with Gasteiger partial charge in [0.2, 0.25) is 0 Å². The molecule has 80 valence electrons. The van der Waals surface area contributed by atoms with Crippen LogP contribution >= 0.6 is 0 Å². The van der Waals surface area contributed by atoms with Gasteiger partial charge in [-0.15, -0.1) is 0 Å². The fourth-order valence-corrected chi connectivity index (χ4v) is 1.87. The fraction of sp³-hybridized carbons (Fsp3) is 0.200. The molecule has 1 nitrogen and oxygen atoms in total. The fourth-order valence-electron chi connectivity index (χ4n) is 1.87. The predicted octanol–water partition coefficient (Wildman–Crippen LogP) is 4.36.